The standard InChI is InChI=1S/C10H16O3/c11-7-3-4-8-13-10(12)9-5-1-2-6-9/h7,9H,1-6,8H2. The molecule has 0 N–H and O–H groups in total. The zero-order chi connectivity index (χ0) is 9.52. The maximum absolute atomic E-state index is 11.3. The number of carbonyl (C=O) groups is 2. The molecule has 3 nitrogen and oxygen atoms in total. The van der Waals surface area contributed by atoms with Crippen LogP contribution in [0.5, 0.6) is 0 Å². The van der Waals surface area contributed by atoms with E-state index in [0.29, 0.717) is 19.4 Å². The number of esters is 1. The van der Waals surface area contributed by atoms with Crippen LogP contribution in [0.15, 0.2) is 0 Å². The lowest BCUT2D eigenvalue weighted by molar-refractivity contribution is -0.148. The summed E-state index contributed by atoms with van der Waals surface area (Å²) in [5, 5.41) is 0. The van der Waals surface area contributed by atoms with Crippen molar-refractivity contribution in [3.05, 3.63) is 0 Å². The van der Waals surface area contributed by atoms with Gasteiger partial charge >= 0.3 is 5.97 Å². The Labute approximate surface area is 78.5 Å². The van der Waals surface area contributed by atoms with Gasteiger partial charge in [-0.3, -0.25) is 4.79 Å². The first kappa shape index (κ1) is 10.2. The number of ether oxygens (including phenoxy) is 1. The van der Waals surface area contributed by atoms with Crippen LogP contribution in [-0.2, 0) is 14.3 Å². The molecule has 1 saturated carbocycles. The van der Waals surface area contributed by atoms with Crippen molar-refractivity contribution in [1.82, 2.24) is 0 Å². The fraction of sp³-hybridized carbons (Fsp3) is 0.800. The minimum Gasteiger partial charge on any atom is -0.465 e. The Morgan fingerprint density at radius 3 is 2.69 bits per heavy atom. The van der Waals surface area contributed by atoms with Crippen molar-refractivity contribution in [2.75, 3.05) is 6.61 Å². The van der Waals surface area contributed by atoms with Gasteiger partial charge in [-0.05, 0) is 19.3 Å². The molecule has 0 aromatic carbocycles. The van der Waals surface area contributed by atoms with Crippen molar-refractivity contribution in [3.8, 4) is 0 Å². The van der Waals surface area contributed by atoms with Gasteiger partial charge in [0.25, 0.3) is 0 Å². The number of unbranched alkanes of at least 4 members (excludes halogenated alkanes) is 1. The van der Waals surface area contributed by atoms with E-state index >= 15 is 0 Å². The molecule has 0 saturated heterocycles. The number of rotatable bonds is 5. The summed E-state index contributed by atoms with van der Waals surface area (Å²) in [5.41, 5.74) is 0. The predicted molar refractivity (Wildman–Crippen MR) is 48.2 cm³/mol. The summed E-state index contributed by atoms with van der Waals surface area (Å²) in [5.74, 6) is 0.0691. The molecule has 74 valence electrons. The second-order valence-corrected chi connectivity index (χ2v) is 3.46. The van der Waals surface area contributed by atoms with Gasteiger partial charge in [-0.15, -0.1) is 0 Å². The van der Waals surface area contributed by atoms with Crippen LogP contribution in [0.1, 0.15) is 38.5 Å². The third-order valence-corrected chi connectivity index (χ3v) is 2.40. The van der Waals surface area contributed by atoms with Crippen molar-refractivity contribution < 1.29 is 14.3 Å². The first-order chi connectivity index (χ1) is 6.34. The SMILES string of the molecule is O=CCCCOC(=O)C1CCCC1. The van der Waals surface area contributed by atoms with Gasteiger partial charge in [0.05, 0.1) is 12.5 Å². The van der Waals surface area contributed by atoms with Gasteiger partial charge in [-0.2, -0.15) is 0 Å². The van der Waals surface area contributed by atoms with Gasteiger partial charge < -0.3 is 9.53 Å². The summed E-state index contributed by atoms with van der Waals surface area (Å²) in [6.07, 6.45) is 6.24. The molecule has 1 aliphatic carbocycles. The molecule has 0 radical (unpaired) electrons. The van der Waals surface area contributed by atoms with Gasteiger partial charge in [-0.1, -0.05) is 12.8 Å². The quantitative estimate of drug-likeness (QED) is 0.371. The summed E-state index contributed by atoms with van der Waals surface area (Å²) < 4.78 is 5.03. The fourth-order valence-electron chi connectivity index (χ4n) is 1.62. The topological polar surface area (TPSA) is 43.4 Å². The van der Waals surface area contributed by atoms with Crippen LogP contribution in [0.2, 0.25) is 0 Å². The largest absolute Gasteiger partial charge is 0.465 e. The van der Waals surface area contributed by atoms with Crippen LogP contribution in [0.4, 0.5) is 0 Å². The highest BCUT2D eigenvalue weighted by Gasteiger charge is 2.23. The second-order valence-electron chi connectivity index (χ2n) is 3.46. The lowest BCUT2D eigenvalue weighted by Crippen LogP contribution is -2.15. The third kappa shape index (κ3) is 3.57. The molecule has 0 aromatic rings. The summed E-state index contributed by atoms with van der Waals surface area (Å²) in [6, 6.07) is 0. The van der Waals surface area contributed by atoms with Crippen LogP contribution in [0.3, 0.4) is 0 Å². The normalized spacial score (nSPS) is 17.2. The van der Waals surface area contributed by atoms with Crippen molar-refractivity contribution in [1.29, 1.82) is 0 Å². The molecule has 0 atom stereocenters. The average Bonchev–Trinajstić information content (AvgIpc) is 2.65. The van der Waals surface area contributed by atoms with Gasteiger partial charge in [0.2, 0.25) is 0 Å². The molecule has 1 aliphatic rings. The van der Waals surface area contributed by atoms with Crippen LogP contribution in [-0.4, -0.2) is 18.9 Å². The Morgan fingerprint density at radius 2 is 2.08 bits per heavy atom. The van der Waals surface area contributed by atoms with Crippen molar-refractivity contribution in [2.24, 2.45) is 5.92 Å². The van der Waals surface area contributed by atoms with E-state index in [9.17, 15) is 9.59 Å². The van der Waals surface area contributed by atoms with E-state index in [0.717, 1.165) is 32.0 Å². The summed E-state index contributed by atoms with van der Waals surface area (Å²) in [6.45, 7) is 0.397. The summed E-state index contributed by atoms with van der Waals surface area (Å²) in [7, 11) is 0. The number of hydrogen-bond acceptors (Lipinski definition) is 3. The highest BCUT2D eigenvalue weighted by molar-refractivity contribution is 5.72. The third-order valence-electron chi connectivity index (χ3n) is 2.40. The Balaban J connectivity index is 2.06. The van der Waals surface area contributed by atoms with Gasteiger partial charge in [0, 0.05) is 6.42 Å². The molecule has 13 heavy (non-hydrogen) atoms. The second kappa shape index (κ2) is 5.73. The first-order valence-corrected chi connectivity index (χ1v) is 4.95. The smallest absolute Gasteiger partial charge is 0.308 e. The minimum atomic E-state index is -0.0663. The van der Waals surface area contributed by atoms with Crippen molar-refractivity contribution in [2.45, 2.75) is 38.5 Å². The molecule has 0 amide bonds. The van der Waals surface area contributed by atoms with E-state index in [1.54, 1.807) is 0 Å². The molecule has 0 aliphatic heterocycles. The van der Waals surface area contributed by atoms with Crippen molar-refractivity contribution in [3.63, 3.8) is 0 Å². The summed E-state index contributed by atoms with van der Waals surface area (Å²) >= 11 is 0. The molecular weight excluding hydrogens is 168 g/mol. The molecule has 0 unspecified atom stereocenters. The summed E-state index contributed by atoms with van der Waals surface area (Å²) in [4.78, 5) is 21.3. The Kier molecular flexibility index (Phi) is 4.50. The van der Waals surface area contributed by atoms with Gasteiger partial charge in [0.15, 0.2) is 0 Å². The highest BCUT2D eigenvalue weighted by atomic mass is 16.5. The molecule has 0 bridgehead atoms. The molecule has 1 fully saturated rings. The van der Waals surface area contributed by atoms with E-state index in [-0.39, 0.29) is 11.9 Å². The van der Waals surface area contributed by atoms with Crippen LogP contribution >= 0.6 is 0 Å². The van der Waals surface area contributed by atoms with Crippen LogP contribution in [0, 0.1) is 5.92 Å². The maximum atomic E-state index is 11.3. The molecule has 3 heteroatoms. The Bertz CT molecular complexity index is 171. The highest BCUT2D eigenvalue weighted by Crippen LogP contribution is 2.25. The lowest BCUT2D eigenvalue weighted by atomic mass is 10.1. The van der Waals surface area contributed by atoms with Crippen LogP contribution in [0.25, 0.3) is 0 Å². The molecule has 1 rings (SSSR count). The van der Waals surface area contributed by atoms with Gasteiger partial charge in [0.1, 0.15) is 6.29 Å². The van der Waals surface area contributed by atoms with Crippen LogP contribution < -0.4 is 0 Å². The van der Waals surface area contributed by atoms with E-state index in [4.69, 9.17) is 4.74 Å². The number of carbonyl (C=O) groups excluding carboxylic acids is 2. The van der Waals surface area contributed by atoms with E-state index < -0.39 is 0 Å². The Hall–Kier alpha value is -0.860. The molecule has 0 aromatic heterocycles. The number of hydrogen-bond donors (Lipinski definition) is 0. The fourth-order valence-corrected chi connectivity index (χ4v) is 1.62. The molecule has 0 spiro atoms. The van der Waals surface area contributed by atoms with E-state index in [1.807, 2.05) is 0 Å². The van der Waals surface area contributed by atoms with E-state index in [1.165, 1.54) is 0 Å². The monoisotopic (exact) mass is 184 g/mol. The lowest BCUT2D eigenvalue weighted by Gasteiger charge is -2.08. The van der Waals surface area contributed by atoms with Gasteiger partial charge in [-0.25, -0.2) is 0 Å². The van der Waals surface area contributed by atoms with Crippen molar-refractivity contribution >= 4 is 12.3 Å². The predicted octanol–water partition coefficient (Wildman–Crippen LogP) is 1.70. The van der Waals surface area contributed by atoms with E-state index in [2.05, 4.69) is 0 Å². The minimum absolute atomic E-state index is 0.0663. The molecule has 0 heterocycles. The Morgan fingerprint density at radius 1 is 1.38 bits per heavy atom. The maximum Gasteiger partial charge on any atom is 0.308 e. The number of aldehydes is 1. The zero-order valence-corrected chi connectivity index (χ0v) is 7.83. The molecular formula is C10H16O3. The average molecular weight is 184 g/mol. The first-order valence-electron chi connectivity index (χ1n) is 4.95. The zero-order valence-electron chi connectivity index (χ0n) is 7.83.